The van der Waals surface area contributed by atoms with Crippen LogP contribution in [0.2, 0.25) is 0 Å². The van der Waals surface area contributed by atoms with Crippen LogP contribution in [0.1, 0.15) is 18.1 Å². The first kappa shape index (κ1) is 11.4. The van der Waals surface area contributed by atoms with E-state index < -0.39 is 0 Å². The fourth-order valence-corrected chi connectivity index (χ4v) is 1.31. The quantitative estimate of drug-likeness (QED) is 0.579. The van der Waals surface area contributed by atoms with Gasteiger partial charge in [-0.05, 0) is 25.0 Å². The van der Waals surface area contributed by atoms with Crippen molar-refractivity contribution in [1.29, 1.82) is 0 Å². The number of nitrogens with two attached hydrogens (primary N) is 2. The molecule has 0 aromatic heterocycles. The normalized spacial score (nSPS) is 10.0. The second-order valence-electron chi connectivity index (χ2n) is 3.35. The number of esters is 1. The predicted molar refractivity (Wildman–Crippen MR) is 60.3 cm³/mol. The average molecular weight is 208 g/mol. The molecule has 0 fully saturated rings. The average Bonchev–Trinajstić information content (AvgIpc) is 2.20. The Balaban J connectivity index is 2.87. The van der Waals surface area contributed by atoms with E-state index in [9.17, 15) is 4.79 Å². The third kappa shape index (κ3) is 2.62. The van der Waals surface area contributed by atoms with Crippen LogP contribution in [0.5, 0.6) is 0 Å². The Morgan fingerprint density at radius 2 is 2.00 bits per heavy atom. The largest absolute Gasteiger partial charge is 0.466 e. The third-order valence-electron chi connectivity index (χ3n) is 2.24. The van der Waals surface area contributed by atoms with E-state index >= 15 is 0 Å². The lowest BCUT2D eigenvalue weighted by molar-refractivity contribution is -0.142. The molecule has 0 saturated carbocycles. The summed E-state index contributed by atoms with van der Waals surface area (Å²) in [6.45, 7) is 4.02. The van der Waals surface area contributed by atoms with Crippen LogP contribution in [0, 0.1) is 6.92 Å². The summed E-state index contributed by atoms with van der Waals surface area (Å²) in [4.78, 5) is 11.2. The second-order valence-corrected chi connectivity index (χ2v) is 3.35. The van der Waals surface area contributed by atoms with E-state index in [1.54, 1.807) is 13.0 Å². The zero-order valence-electron chi connectivity index (χ0n) is 9.04. The van der Waals surface area contributed by atoms with Gasteiger partial charge in [0.05, 0.1) is 24.4 Å². The zero-order valence-corrected chi connectivity index (χ0v) is 9.04. The second kappa shape index (κ2) is 4.68. The smallest absolute Gasteiger partial charge is 0.310 e. The van der Waals surface area contributed by atoms with Gasteiger partial charge in [-0.1, -0.05) is 12.1 Å². The lowest BCUT2D eigenvalue weighted by Crippen LogP contribution is -2.10. The van der Waals surface area contributed by atoms with Crippen molar-refractivity contribution >= 4 is 17.3 Å². The Morgan fingerprint density at radius 1 is 1.33 bits per heavy atom. The highest BCUT2D eigenvalue weighted by Gasteiger charge is 2.10. The standard InChI is InChI=1S/C11H16N2O2/c1-3-15-9(14)6-8-5-4-7(2)10(12)11(8)13/h4-5H,3,6,12-13H2,1-2H3. The number of nitrogen functional groups attached to an aromatic ring is 2. The molecule has 1 rings (SSSR count). The number of ether oxygens (including phenoxy) is 1. The van der Waals surface area contributed by atoms with E-state index in [4.69, 9.17) is 16.2 Å². The fourth-order valence-electron chi connectivity index (χ4n) is 1.31. The van der Waals surface area contributed by atoms with Crippen LogP contribution in [0.15, 0.2) is 12.1 Å². The van der Waals surface area contributed by atoms with Crippen LogP contribution in [0.4, 0.5) is 11.4 Å². The van der Waals surface area contributed by atoms with Crippen molar-refractivity contribution in [2.45, 2.75) is 20.3 Å². The van der Waals surface area contributed by atoms with Gasteiger partial charge in [0.2, 0.25) is 0 Å². The molecule has 0 bridgehead atoms. The van der Waals surface area contributed by atoms with Gasteiger partial charge in [0.15, 0.2) is 0 Å². The Morgan fingerprint density at radius 3 is 2.60 bits per heavy atom. The molecule has 82 valence electrons. The number of anilines is 2. The first-order valence-corrected chi connectivity index (χ1v) is 4.85. The molecule has 0 heterocycles. The van der Waals surface area contributed by atoms with E-state index in [1.807, 2.05) is 13.0 Å². The molecule has 0 radical (unpaired) electrons. The van der Waals surface area contributed by atoms with Crippen molar-refractivity contribution in [3.05, 3.63) is 23.3 Å². The molecular formula is C11H16N2O2. The molecule has 15 heavy (non-hydrogen) atoms. The van der Waals surface area contributed by atoms with Gasteiger partial charge < -0.3 is 16.2 Å². The molecule has 0 saturated heterocycles. The van der Waals surface area contributed by atoms with Crippen LogP contribution >= 0.6 is 0 Å². The van der Waals surface area contributed by atoms with Gasteiger partial charge in [-0.15, -0.1) is 0 Å². The van der Waals surface area contributed by atoms with Crippen molar-refractivity contribution in [3.63, 3.8) is 0 Å². The third-order valence-corrected chi connectivity index (χ3v) is 2.24. The van der Waals surface area contributed by atoms with Gasteiger partial charge in [0, 0.05) is 0 Å². The molecule has 1 aromatic carbocycles. The number of hydrogen-bond donors (Lipinski definition) is 2. The number of aryl methyl sites for hydroxylation is 1. The van der Waals surface area contributed by atoms with Gasteiger partial charge in [-0.3, -0.25) is 4.79 Å². The van der Waals surface area contributed by atoms with Crippen LogP contribution in [-0.2, 0) is 16.0 Å². The molecule has 0 spiro atoms. The van der Waals surface area contributed by atoms with Crippen molar-refractivity contribution < 1.29 is 9.53 Å². The molecule has 0 aliphatic carbocycles. The molecule has 4 heteroatoms. The Bertz CT molecular complexity index is 375. The lowest BCUT2D eigenvalue weighted by atomic mass is 10.0. The van der Waals surface area contributed by atoms with E-state index in [0.29, 0.717) is 18.0 Å². The summed E-state index contributed by atoms with van der Waals surface area (Å²) in [5, 5.41) is 0. The fraction of sp³-hybridized carbons (Fsp3) is 0.364. The van der Waals surface area contributed by atoms with Gasteiger partial charge in [0.1, 0.15) is 0 Å². The minimum Gasteiger partial charge on any atom is -0.466 e. The highest BCUT2D eigenvalue weighted by molar-refractivity contribution is 5.79. The van der Waals surface area contributed by atoms with Crippen molar-refractivity contribution in [1.82, 2.24) is 0 Å². The number of carbonyl (C=O) groups is 1. The molecule has 0 unspecified atom stereocenters. The van der Waals surface area contributed by atoms with Crippen LogP contribution in [0.25, 0.3) is 0 Å². The van der Waals surface area contributed by atoms with Gasteiger partial charge in [-0.2, -0.15) is 0 Å². The van der Waals surface area contributed by atoms with Crippen molar-refractivity contribution in [2.24, 2.45) is 0 Å². The van der Waals surface area contributed by atoms with E-state index in [-0.39, 0.29) is 12.4 Å². The molecule has 0 aliphatic heterocycles. The number of hydrogen-bond acceptors (Lipinski definition) is 4. The maximum Gasteiger partial charge on any atom is 0.310 e. The molecule has 0 amide bonds. The summed E-state index contributed by atoms with van der Waals surface area (Å²) in [7, 11) is 0. The van der Waals surface area contributed by atoms with Crippen LogP contribution in [0.3, 0.4) is 0 Å². The van der Waals surface area contributed by atoms with Gasteiger partial charge in [-0.25, -0.2) is 0 Å². The Labute approximate surface area is 89.2 Å². The molecule has 4 N–H and O–H groups in total. The minimum atomic E-state index is -0.285. The van der Waals surface area contributed by atoms with Crippen LogP contribution < -0.4 is 11.5 Å². The number of rotatable bonds is 3. The summed E-state index contributed by atoms with van der Waals surface area (Å²) in [5.74, 6) is -0.285. The van der Waals surface area contributed by atoms with Crippen LogP contribution in [-0.4, -0.2) is 12.6 Å². The van der Waals surface area contributed by atoms with E-state index in [2.05, 4.69) is 0 Å². The summed E-state index contributed by atoms with van der Waals surface area (Å²) in [6, 6.07) is 3.65. The first-order valence-electron chi connectivity index (χ1n) is 4.85. The monoisotopic (exact) mass is 208 g/mol. The summed E-state index contributed by atoms with van der Waals surface area (Å²) in [5.41, 5.74) is 14.2. The van der Waals surface area contributed by atoms with Gasteiger partial charge in [0.25, 0.3) is 0 Å². The summed E-state index contributed by atoms with van der Waals surface area (Å²) in [6.07, 6.45) is 0.171. The van der Waals surface area contributed by atoms with E-state index in [0.717, 1.165) is 11.1 Å². The Hall–Kier alpha value is -1.71. The highest BCUT2D eigenvalue weighted by atomic mass is 16.5. The van der Waals surface area contributed by atoms with Crippen molar-refractivity contribution in [2.75, 3.05) is 18.1 Å². The first-order chi connectivity index (χ1) is 7.06. The minimum absolute atomic E-state index is 0.171. The SMILES string of the molecule is CCOC(=O)Cc1ccc(C)c(N)c1N. The zero-order chi connectivity index (χ0) is 11.4. The molecule has 4 nitrogen and oxygen atoms in total. The maximum atomic E-state index is 11.2. The number of benzene rings is 1. The lowest BCUT2D eigenvalue weighted by Gasteiger charge is -2.09. The molecule has 0 aliphatic rings. The molecule has 1 aromatic rings. The Kier molecular flexibility index (Phi) is 3.55. The van der Waals surface area contributed by atoms with Gasteiger partial charge >= 0.3 is 5.97 Å². The molecule has 0 atom stereocenters. The number of carbonyl (C=O) groups excluding carboxylic acids is 1. The summed E-state index contributed by atoms with van der Waals surface area (Å²) >= 11 is 0. The highest BCUT2D eigenvalue weighted by Crippen LogP contribution is 2.24. The maximum absolute atomic E-state index is 11.2. The predicted octanol–water partition coefficient (Wildman–Crippen LogP) is 1.27. The topological polar surface area (TPSA) is 78.3 Å². The van der Waals surface area contributed by atoms with Crippen molar-refractivity contribution in [3.8, 4) is 0 Å². The molecular weight excluding hydrogens is 192 g/mol. The summed E-state index contributed by atoms with van der Waals surface area (Å²) < 4.78 is 4.84. The van der Waals surface area contributed by atoms with E-state index in [1.165, 1.54) is 0 Å².